The number of hydrogen-bond donors (Lipinski definition) is 1. The lowest BCUT2D eigenvalue weighted by Crippen LogP contribution is -2.56. The molecule has 2 saturated heterocycles. The van der Waals surface area contributed by atoms with Crippen molar-refractivity contribution in [2.24, 2.45) is 5.92 Å². The number of carboxylic acids is 1. The van der Waals surface area contributed by atoms with Crippen LogP contribution in [0.2, 0.25) is 0 Å². The molecule has 7 heteroatoms. The molecule has 3 fully saturated rings. The van der Waals surface area contributed by atoms with E-state index in [9.17, 15) is 14.7 Å². The van der Waals surface area contributed by atoms with Crippen molar-refractivity contribution in [3.05, 3.63) is 0 Å². The highest BCUT2D eigenvalue weighted by Gasteiger charge is 2.49. The van der Waals surface area contributed by atoms with Crippen LogP contribution in [0.4, 0.5) is 4.79 Å². The molecule has 0 aromatic rings. The topological polar surface area (TPSA) is 60.9 Å². The second-order valence-corrected chi connectivity index (χ2v) is 9.59. The summed E-state index contributed by atoms with van der Waals surface area (Å²) in [6, 6.07) is -0.733. The van der Waals surface area contributed by atoms with Crippen LogP contribution in [0.25, 0.3) is 0 Å². The molecule has 2 atom stereocenters. The minimum absolute atomic E-state index is 0.0502. The quantitative estimate of drug-likeness (QED) is 0.841. The molecule has 118 valence electrons. The summed E-state index contributed by atoms with van der Waals surface area (Å²) >= 11 is 3.52. The maximum absolute atomic E-state index is 12.9. The Kier molecular flexibility index (Phi) is 4.07. The number of amides is 2. The van der Waals surface area contributed by atoms with Crippen molar-refractivity contribution in [2.45, 2.75) is 42.9 Å². The third-order valence-electron chi connectivity index (χ3n) is 4.26. The molecule has 0 aromatic heterocycles. The lowest BCUT2D eigenvalue weighted by atomic mass is 10.2. The molecule has 2 aliphatic heterocycles. The normalized spacial score (nSPS) is 32.3. The van der Waals surface area contributed by atoms with Crippen LogP contribution in [-0.4, -0.2) is 67.7 Å². The van der Waals surface area contributed by atoms with Crippen LogP contribution < -0.4 is 0 Å². The highest BCUT2D eigenvalue weighted by atomic mass is 32.2. The van der Waals surface area contributed by atoms with E-state index in [1.54, 1.807) is 16.7 Å². The first kappa shape index (κ1) is 15.3. The first-order valence-electron chi connectivity index (χ1n) is 7.45. The number of urea groups is 1. The maximum atomic E-state index is 12.9. The molecule has 0 radical (unpaired) electrons. The largest absolute Gasteiger partial charge is 0.480 e. The van der Waals surface area contributed by atoms with Crippen LogP contribution in [0, 0.1) is 5.92 Å². The molecule has 2 heterocycles. The summed E-state index contributed by atoms with van der Waals surface area (Å²) in [6.45, 7) is 5.70. The zero-order chi connectivity index (χ0) is 15.2. The van der Waals surface area contributed by atoms with Crippen molar-refractivity contribution < 1.29 is 14.7 Å². The van der Waals surface area contributed by atoms with Gasteiger partial charge < -0.3 is 10.0 Å². The number of nitrogens with zero attached hydrogens (tertiary/aromatic N) is 2. The Morgan fingerprint density at radius 1 is 1.29 bits per heavy atom. The SMILES string of the molecule is CC1(C)CN(C(=O)N2C(C(=O)O)CSC2C2CC2)CCS1. The molecule has 0 aromatic carbocycles. The molecular formula is C14H22N2O3S2. The zero-order valence-corrected chi connectivity index (χ0v) is 14.1. The summed E-state index contributed by atoms with van der Waals surface area (Å²) in [6.07, 6.45) is 2.24. The molecule has 2 amide bonds. The van der Waals surface area contributed by atoms with Gasteiger partial charge in [0.25, 0.3) is 0 Å². The molecule has 1 N–H and O–H groups in total. The van der Waals surface area contributed by atoms with Crippen molar-refractivity contribution in [3.8, 4) is 0 Å². The van der Waals surface area contributed by atoms with E-state index < -0.39 is 12.0 Å². The van der Waals surface area contributed by atoms with E-state index in [0.29, 0.717) is 18.2 Å². The van der Waals surface area contributed by atoms with E-state index in [0.717, 1.165) is 25.1 Å². The zero-order valence-electron chi connectivity index (χ0n) is 12.4. The van der Waals surface area contributed by atoms with Gasteiger partial charge >= 0.3 is 12.0 Å². The number of hydrogen-bond acceptors (Lipinski definition) is 4. The van der Waals surface area contributed by atoms with Gasteiger partial charge in [-0.05, 0) is 32.6 Å². The van der Waals surface area contributed by atoms with E-state index >= 15 is 0 Å². The van der Waals surface area contributed by atoms with Gasteiger partial charge in [-0.3, -0.25) is 4.90 Å². The van der Waals surface area contributed by atoms with Gasteiger partial charge in [-0.15, -0.1) is 11.8 Å². The van der Waals surface area contributed by atoms with Gasteiger partial charge in [0.15, 0.2) is 0 Å². The Bertz CT molecular complexity index is 454. The number of carbonyl (C=O) groups excluding carboxylic acids is 1. The molecule has 0 spiro atoms. The fraction of sp³-hybridized carbons (Fsp3) is 0.857. The Labute approximate surface area is 133 Å². The fourth-order valence-corrected chi connectivity index (χ4v) is 5.78. The average molecular weight is 330 g/mol. The van der Waals surface area contributed by atoms with Crippen LogP contribution in [0.5, 0.6) is 0 Å². The van der Waals surface area contributed by atoms with Gasteiger partial charge in [-0.1, -0.05) is 0 Å². The van der Waals surface area contributed by atoms with E-state index in [2.05, 4.69) is 13.8 Å². The number of rotatable bonds is 2. The molecule has 0 bridgehead atoms. The summed E-state index contributed by atoms with van der Waals surface area (Å²) in [7, 11) is 0. The van der Waals surface area contributed by atoms with Gasteiger partial charge in [0.05, 0.1) is 5.37 Å². The van der Waals surface area contributed by atoms with Crippen molar-refractivity contribution >= 4 is 35.5 Å². The second kappa shape index (κ2) is 5.57. The molecule has 1 aliphatic carbocycles. The third kappa shape index (κ3) is 3.13. The number of carbonyl (C=O) groups is 2. The molecule has 21 heavy (non-hydrogen) atoms. The van der Waals surface area contributed by atoms with E-state index in [1.807, 2.05) is 16.7 Å². The Morgan fingerprint density at radius 2 is 2.00 bits per heavy atom. The lowest BCUT2D eigenvalue weighted by Gasteiger charge is -2.41. The number of aliphatic carboxylic acids is 1. The second-order valence-electron chi connectivity index (χ2n) is 6.63. The Morgan fingerprint density at radius 3 is 2.57 bits per heavy atom. The van der Waals surface area contributed by atoms with E-state index in [-0.39, 0.29) is 16.2 Å². The molecule has 2 unspecified atom stereocenters. The third-order valence-corrected chi connectivity index (χ3v) is 7.02. The first-order chi connectivity index (χ1) is 9.89. The summed E-state index contributed by atoms with van der Waals surface area (Å²) in [5, 5.41) is 9.49. The summed E-state index contributed by atoms with van der Waals surface area (Å²) in [5.41, 5.74) is 0. The van der Waals surface area contributed by atoms with Crippen LogP contribution in [0.1, 0.15) is 26.7 Å². The highest BCUT2D eigenvalue weighted by molar-refractivity contribution is 8.00. The van der Waals surface area contributed by atoms with Crippen LogP contribution >= 0.6 is 23.5 Å². The van der Waals surface area contributed by atoms with Crippen LogP contribution in [-0.2, 0) is 4.79 Å². The standard InChI is InChI=1S/C14H22N2O3S2/c1-14(2)8-15(5-6-21-14)13(19)16-10(12(17)18)7-20-11(16)9-3-4-9/h9-11H,3-8H2,1-2H3,(H,17,18). The van der Waals surface area contributed by atoms with E-state index in [4.69, 9.17) is 0 Å². The van der Waals surface area contributed by atoms with Crippen molar-refractivity contribution in [2.75, 3.05) is 24.6 Å². The predicted octanol–water partition coefficient (Wildman–Crippen LogP) is 2.17. The Balaban J connectivity index is 1.77. The van der Waals surface area contributed by atoms with Crippen molar-refractivity contribution in [1.82, 2.24) is 9.80 Å². The molecule has 3 aliphatic rings. The Hall–Kier alpha value is -0.560. The monoisotopic (exact) mass is 330 g/mol. The predicted molar refractivity (Wildman–Crippen MR) is 85.7 cm³/mol. The van der Waals surface area contributed by atoms with Gasteiger partial charge in [-0.25, -0.2) is 9.59 Å². The van der Waals surface area contributed by atoms with Crippen molar-refractivity contribution in [1.29, 1.82) is 0 Å². The maximum Gasteiger partial charge on any atom is 0.327 e. The van der Waals surface area contributed by atoms with Gasteiger partial charge in [0.2, 0.25) is 0 Å². The number of thioether (sulfide) groups is 2. The fourth-order valence-electron chi connectivity index (χ4n) is 3.05. The minimum Gasteiger partial charge on any atom is -0.480 e. The summed E-state index contributed by atoms with van der Waals surface area (Å²) in [5.74, 6) is 1.07. The highest BCUT2D eigenvalue weighted by Crippen LogP contribution is 2.46. The van der Waals surface area contributed by atoms with Gasteiger partial charge in [-0.2, -0.15) is 11.8 Å². The molecular weight excluding hydrogens is 308 g/mol. The molecule has 1 saturated carbocycles. The minimum atomic E-state index is -0.871. The summed E-state index contributed by atoms with van der Waals surface area (Å²) < 4.78 is 0.0502. The van der Waals surface area contributed by atoms with Gasteiger partial charge in [0.1, 0.15) is 6.04 Å². The van der Waals surface area contributed by atoms with Crippen LogP contribution in [0.3, 0.4) is 0 Å². The molecule has 5 nitrogen and oxygen atoms in total. The van der Waals surface area contributed by atoms with E-state index in [1.165, 1.54) is 0 Å². The van der Waals surface area contributed by atoms with Gasteiger partial charge in [0, 0.05) is 29.3 Å². The average Bonchev–Trinajstić information content (AvgIpc) is 3.15. The number of carboxylic acid groups (broad SMARTS) is 1. The lowest BCUT2D eigenvalue weighted by molar-refractivity contribution is -0.141. The summed E-state index contributed by atoms with van der Waals surface area (Å²) in [4.78, 5) is 27.9. The van der Waals surface area contributed by atoms with Crippen LogP contribution in [0.15, 0.2) is 0 Å². The first-order valence-corrected chi connectivity index (χ1v) is 9.48. The molecule has 3 rings (SSSR count). The smallest absolute Gasteiger partial charge is 0.327 e. The van der Waals surface area contributed by atoms with Crippen molar-refractivity contribution in [3.63, 3.8) is 0 Å².